The Morgan fingerprint density at radius 2 is 2.40 bits per heavy atom. The molecule has 1 fully saturated rings. The standard InChI is InChI=1S/C15H17N3OS/c1-11-7-14(20-9-11)15(19)18-6-2-3-12(8-18)13-4-5-16-10-17-13/h4-5,7,9-10,12H,2-3,6,8H2,1H3/t12-/m0/s1. The number of thiophene rings is 1. The lowest BCUT2D eigenvalue weighted by Crippen LogP contribution is -2.39. The third-order valence-corrected chi connectivity index (χ3v) is 4.71. The molecule has 1 aliphatic heterocycles. The lowest BCUT2D eigenvalue weighted by molar-refractivity contribution is 0.0710. The Labute approximate surface area is 122 Å². The molecule has 2 aromatic rings. The molecule has 1 aliphatic rings. The molecule has 1 amide bonds. The van der Waals surface area contributed by atoms with Crippen molar-refractivity contribution >= 4 is 17.2 Å². The Morgan fingerprint density at radius 1 is 1.50 bits per heavy atom. The first-order valence-electron chi connectivity index (χ1n) is 6.84. The van der Waals surface area contributed by atoms with E-state index >= 15 is 0 Å². The van der Waals surface area contributed by atoms with Crippen LogP contribution in [0.5, 0.6) is 0 Å². The van der Waals surface area contributed by atoms with Crippen LogP contribution in [-0.4, -0.2) is 33.9 Å². The highest BCUT2D eigenvalue weighted by Gasteiger charge is 2.26. The van der Waals surface area contributed by atoms with Gasteiger partial charge in [0.25, 0.3) is 5.91 Å². The molecule has 0 unspecified atom stereocenters. The van der Waals surface area contributed by atoms with Crippen molar-refractivity contribution in [2.45, 2.75) is 25.7 Å². The van der Waals surface area contributed by atoms with E-state index in [0.29, 0.717) is 5.92 Å². The predicted octanol–water partition coefficient (Wildman–Crippen LogP) is 2.87. The van der Waals surface area contributed by atoms with Crippen LogP contribution in [0.3, 0.4) is 0 Å². The van der Waals surface area contributed by atoms with Gasteiger partial charge in [-0.15, -0.1) is 11.3 Å². The second-order valence-corrected chi connectivity index (χ2v) is 6.12. The molecule has 0 aliphatic carbocycles. The van der Waals surface area contributed by atoms with Gasteiger partial charge < -0.3 is 4.90 Å². The Morgan fingerprint density at radius 3 is 3.10 bits per heavy atom. The minimum Gasteiger partial charge on any atom is -0.337 e. The first kappa shape index (κ1) is 13.2. The van der Waals surface area contributed by atoms with Crippen LogP contribution in [0.1, 0.15) is 39.7 Å². The predicted molar refractivity (Wildman–Crippen MR) is 79.0 cm³/mol. The summed E-state index contributed by atoms with van der Waals surface area (Å²) < 4.78 is 0. The molecule has 104 valence electrons. The summed E-state index contributed by atoms with van der Waals surface area (Å²) >= 11 is 1.53. The van der Waals surface area contributed by atoms with E-state index in [1.54, 1.807) is 12.5 Å². The van der Waals surface area contributed by atoms with E-state index in [0.717, 1.165) is 42.1 Å². The number of carbonyl (C=O) groups excluding carboxylic acids is 1. The van der Waals surface area contributed by atoms with Gasteiger partial charge in [-0.25, -0.2) is 9.97 Å². The monoisotopic (exact) mass is 287 g/mol. The number of aromatic nitrogens is 2. The fourth-order valence-corrected chi connectivity index (χ4v) is 3.51. The van der Waals surface area contributed by atoms with E-state index in [4.69, 9.17) is 0 Å². The van der Waals surface area contributed by atoms with Crippen molar-refractivity contribution in [2.24, 2.45) is 0 Å². The van der Waals surface area contributed by atoms with E-state index in [1.165, 1.54) is 11.3 Å². The smallest absolute Gasteiger partial charge is 0.263 e. The van der Waals surface area contributed by atoms with Gasteiger partial charge in [-0.05, 0) is 42.8 Å². The quantitative estimate of drug-likeness (QED) is 0.853. The van der Waals surface area contributed by atoms with Crippen LogP contribution in [0.25, 0.3) is 0 Å². The molecular formula is C15H17N3OS. The van der Waals surface area contributed by atoms with E-state index < -0.39 is 0 Å². The van der Waals surface area contributed by atoms with E-state index in [1.807, 2.05) is 29.3 Å². The van der Waals surface area contributed by atoms with Crippen LogP contribution in [0.2, 0.25) is 0 Å². The number of hydrogen-bond donors (Lipinski definition) is 0. The number of piperidine rings is 1. The maximum absolute atomic E-state index is 12.5. The molecule has 0 radical (unpaired) electrons. The van der Waals surface area contributed by atoms with Gasteiger partial charge in [0.05, 0.1) is 4.88 Å². The second-order valence-electron chi connectivity index (χ2n) is 5.21. The number of rotatable bonds is 2. The van der Waals surface area contributed by atoms with E-state index in [9.17, 15) is 4.79 Å². The zero-order chi connectivity index (χ0) is 13.9. The maximum atomic E-state index is 12.5. The Hall–Kier alpha value is -1.75. The number of amides is 1. The summed E-state index contributed by atoms with van der Waals surface area (Å²) in [4.78, 5) is 23.6. The highest BCUT2D eigenvalue weighted by molar-refractivity contribution is 7.12. The van der Waals surface area contributed by atoms with Gasteiger partial charge in [0.15, 0.2) is 0 Å². The lowest BCUT2D eigenvalue weighted by atomic mass is 9.94. The van der Waals surface area contributed by atoms with Crippen molar-refractivity contribution in [2.75, 3.05) is 13.1 Å². The van der Waals surface area contributed by atoms with Gasteiger partial charge in [0.1, 0.15) is 6.33 Å². The Kier molecular flexibility index (Phi) is 3.78. The molecule has 2 aromatic heterocycles. The molecule has 0 bridgehead atoms. The largest absolute Gasteiger partial charge is 0.337 e. The molecule has 20 heavy (non-hydrogen) atoms. The molecule has 1 saturated heterocycles. The van der Waals surface area contributed by atoms with Crippen LogP contribution in [0, 0.1) is 6.92 Å². The molecule has 5 heteroatoms. The molecule has 0 saturated carbocycles. The summed E-state index contributed by atoms with van der Waals surface area (Å²) in [5.74, 6) is 0.485. The minimum absolute atomic E-state index is 0.154. The third kappa shape index (κ3) is 2.72. The van der Waals surface area contributed by atoms with Crippen molar-refractivity contribution in [1.29, 1.82) is 0 Å². The molecule has 1 atom stereocenters. The fourth-order valence-electron chi connectivity index (χ4n) is 2.64. The first-order valence-corrected chi connectivity index (χ1v) is 7.72. The summed E-state index contributed by atoms with van der Waals surface area (Å²) in [6, 6.07) is 3.93. The van der Waals surface area contributed by atoms with Crippen molar-refractivity contribution < 1.29 is 4.79 Å². The van der Waals surface area contributed by atoms with Crippen LogP contribution in [0.4, 0.5) is 0 Å². The SMILES string of the molecule is Cc1csc(C(=O)N2CCC[C@H](c3ccncn3)C2)c1. The number of nitrogens with zero attached hydrogens (tertiary/aromatic N) is 3. The van der Waals surface area contributed by atoms with Crippen LogP contribution in [-0.2, 0) is 0 Å². The Balaban J connectivity index is 1.74. The summed E-state index contributed by atoms with van der Waals surface area (Å²) in [5, 5.41) is 2.03. The fraction of sp³-hybridized carbons (Fsp3) is 0.400. The number of carbonyl (C=O) groups is 1. The summed E-state index contributed by atoms with van der Waals surface area (Å²) in [5.41, 5.74) is 2.20. The van der Waals surface area contributed by atoms with Gasteiger partial charge >= 0.3 is 0 Å². The average Bonchev–Trinajstić information content (AvgIpc) is 2.94. The topological polar surface area (TPSA) is 46.1 Å². The van der Waals surface area contributed by atoms with Crippen LogP contribution >= 0.6 is 11.3 Å². The van der Waals surface area contributed by atoms with Gasteiger partial charge in [0, 0.05) is 30.9 Å². The number of aryl methyl sites for hydroxylation is 1. The maximum Gasteiger partial charge on any atom is 0.263 e. The number of likely N-dealkylation sites (tertiary alicyclic amines) is 1. The molecule has 0 N–H and O–H groups in total. The average molecular weight is 287 g/mol. The van der Waals surface area contributed by atoms with E-state index in [-0.39, 0.29) is 5.91 Å². The summed E-state index contributed by atoms with van der Waals surface area (Å²) in [6.07, 6.45) is 5.47. The molecular weight excluding hydrogens is 270 g/mol. The van der Waals surface area contributed by atoms with Gasteiger partial charge in [-0.2, -0.15) is 0 Å². The van der Waals surface area contributed by atoms with Crippen LogP contribution < -0.4 is 0 Å². The molecule has 3 heterocycles. The highest BCUT2D eigenvalue weighted by Crippen LogP contribution is 2.27. The highest BCUT2D eigenvalue weighted by atomic mass is 32.1. The minimum atomic E-state index is 0.154. The first-order chi connectivity index (χ1) is 9.74. The van der Waals surface area contributed by atoms with Gasteiger partial charge in [-0.1, -0.05) is 0 Å². The van der Waals surface area contributed by atoms with Crippen molar-refractivity contribution in [1.82, 2.24) is 14.9 Å². The van der Waals surface area contributed by atoms with Crippen molar-refractivity contribution in [3.63, 3.8) is 0 Å². The molecule has 4 nitrogen and oxygen atoms in total. The molecule has 3 rings (SSSR count). The second kappa shape index (κ2) is 5.71. The third-order valence-electron chi connectivity index (χ3n) is 3.67. The van der Waals surface area contributed by atoms with Crippen molar-refractivity contribution in [3.8, 4) is 0 Å². The van der Waals surface area contributed by atoms with Gasteiger partial charge in [0.2, 0.25) is 0 Å². The zero-order valence-electron chi connectivity index (χ0n) is 11.5. The molecule has 0 spiro atoms. The molecule has 0 aromatic carbocycles. The normalized spacial score (nSPS) is 19.1. The number of hydrogen-bond acceptors (Lipinski definition) is 4. The summed E-state index contributed by atoms with van der Waals surface area (Å²) in [6.45, 7) is 3.62. The summed E-state index contributed by atoms with van der Waals surface area (Å²) in [7, 11) is 0. The lowest BCUT2D eigenvalue weighted by Gasteiger charge is -2.32. The van der Waals surface area contributed by atoms with E-state index in [2.05, 4.69) is 9.97 Å². The van der Waals surface area contributed by atoms with Crippen LogP contribution in [0.15, 0.2) is 30.0 Å². The zero-order valence-corrected chi connectivity index (χ0v) is 12.3. The van der Waals surface area contributed by atoms with Crippen molar-refractivity contribution in [3.05, 3.63) is 46.2 Å². The Bertz CT molecular complexity index is 596. The van der Waals surface area contributed by atoms with Gasteiger partial charge in [-0.3, -0.25) is 4.79 Å².